The van der Waals surface area contributed by atoms with Crippen LogP contribution in [0.15, 0.2) is 24.3 Å². The Hall–Kier alpha value is -1.52. The molecule has 1 amide bonds. The number of para-hydroxylation sites is 1. The molecule has 0 bridgehead atoms. The van der Waals surface area contributed by atoms with E-state index < -0.39 is 0 Å². The quantitative estimate of drug-likeness (QED) is 0.767. The molecule has 0 saturated carbocycles. The Balaban J connectivity index is 1.99. The number of aromatic nitrogens is 1. The fourth-order valence-electron chi connectivity index (χ4n) is 2.03. The standard InChI is InChI=1S/C15H20ClN3O/c1-3-8-17-15(20)10(2)18-9-13-14(16)11-6-4-5-7-12(11)19-13/h4-7,10,18-19H,3,8-9H2,1-2H3,(H,17,20). The van der Waals surface area contributed by atoms with E-state index in [0.29, 0.717) is 18.1 Å². The van der Waals surface area contributed by atoms with Gasteiger partial charge in [-0.05, 0) is 19.4 Å². The van der Waals surface area contributed by atoms with Gasteiger partial charge in [-0.3, -0.25) is 4.79 Å². The predicted octanol–water partition coefficient (Wildman–Crippen LogP) is 2.83. The molecule has 1 unspecified atom stereocenters. The number of aromatic amines is 1. The molecular formula is C15H20ClN3O. The van der Waals surface area contributed by atoms with Crippen LogP contribution in [0.2, 0.25) is 5.02 Å². The van der Waals surface area contributed by atoms with Crippen LogP contribution < -0.4 is 10.6 Å². The molecule has 0 saturated heterocycles. The summed E-state index contributed by atoms with van der Waals surface area (Å²) in [6, 6.07) is 7.65. The van der Waals surface area contributed by atoms with Crippen molar-refractivity contribution in [3.8, 4) is 0 Å². The number of nitrogens with one attached hydrogen (secondary N) is 3. The Morgan fingerprint density at radius 3 is 2.85 bits per heavy atom. The van der Waals surface area contributed by atoms with Crippen molar-refractivity contribution in [2.45, 2.75) is 32.9 Å². The van der Waals surface area contributed by atoms with Crippen LogP contribution in [0.5, 0.6) is 0 Å². The molecule has 0 radical (unpaired) electrons. The molecule has 108 valence electrons. The minimum atomic E-state index is -0.246. The third-order valence-electron chi connectivity index (χ3n) is 3.24. The first-order chi connectivity index (χ1) is 9.63. The number of rotatable bonds is 6. The number of halogens is 1. The minimum Gasteiger partial charge on any atom is -0.356 e. The van der Waals surface area contributed by atoms with Gasteiger partial charge < -0.3 is 15.6 Å². The van der Waals surface area contributed by atoms with Gasteiger partial charge in [0.25, 0.3) is 0 Å². The maximum absolute atomic E-state index is 11.8. The monoisotopic (exact) mass is 293 g/mol. The van der Waals surface area contributed by atoms with Crippen LogP contribution in [0.1, 0.15) is 26.0 Å². The lowest BCUT2D eigenvalue weighted by Crippen LogP contribution is -2.42. The van der Waals surface area contributed by atoms with Gasteiger partial charge in [-0.15, -0.1) is 0 Å². The molecule has 2 rings (SSSR count). The largest absolute Gasteiger partial charge is 0.356 e. The van der Waals surface area contributed by atoms with Gasteiger partial charge >= 0.3 is 0 Å². The van der Waals surface area contributed by atoms with Crippen LogP contribution in [0.3, 0.4) is 0 Å². The molecule has 0 aliphatic rings. The first kappa shape index (κ1) is 14.9. The van der Waals surface area contributed by atoms with Crippen LogP contribution >= 0.6 is 11.6 Å². The van der Waals surface area contributed by atoms with Gasteiger partial charge in [0.2, 0.25) is 5.91 Å². The van der Waals surface area contributed by atoms with Crippen molar-refractivity contribution in [3.63, 3.8) is 0 Å². The highest BCUT2D eigenvalue weighted by molar-refractivity contribution is 6.36. The summed E-state index contributed by atoms with van der Waals surface area (Å²) in [5.74, 6) is 0.0130. The number of carbonyl (C=O) groups is 1. The van der Waals surface area contributed by atoms with Crippen LogP contribution in [0.4, 0.5) is 0 Å². The average Bonchev–Trinajstić information content (AvgIpc) is 2.79. The van der Waals surface area contributed by atoms with Crippen LogP contribution in [-0.2, 0) is 11.3 Å². The van der Waals surface area contributed by atoms with Gasteiger partial charge in [0.05, 0.1) is 11.1 Å². The summed E-state index contributed by atoms with van der Waals surface area (Å²) in [5, 5.41) is 7.77. The molecule has 2 aromatic rings. The smallest absolute Gasteiger partial charge is 0.236 e. The van der Waals surface area contributed by atoms with Crippen LogP contribution in [-0.4, -0.2) is 23.5 Å². The summed E-state index contributed by atoms with van der Waals surface area (Å²) in [6.07, 6.45) is 0.937. The molecule has 4 nitrogen and oxygen atoms in total. The lowest BCUT2D eigenvalue weighted by atomic mass is 10.2. The van der Waals surface area contributed by atoms with Crippen molar-refractivity contribution in [2.75, 3.05) is 6.54 Å². The summed E-state index contributed by atoms with van der Waals surface area (Å²) in [4.78, 5) is 15.0. The molecule has 1 aromatic carbocycles. The van der Waals surface area contributed by atoms with Gasteiger partial charge in [-0.1, -0.05) is 36.7 Å². The fraction of sp³-hybridized carbons (Fsp3) is 0.400. The lowest BCUT2D eigenvalue weighted by Gasteiger charge is -2.13. The van der Waals surface area contributed by atoms with E-state index in [2.05, 4.69) is 15.6 Å². The number of benzene rings is 1. The minimum absolute atomic E-state index is 0.0130. The van der Waals surface area contributed by atoms with Crippen molar-refractivity contribution in [2.24, 2.45) is 0 Å². The Bertz CT molecular complexity index is 594. The Kier molecular flexibility index (Phi) is 5.04. The molecule has 0 aliphatic carbocycles. The van der Waals surface area contributed by atoms with E-state index in [1.165, 1.54) is 0 Å². The SMILES string of the molecule is CCCNC(=O)C(C)NCc1[nH]c2ccccc2c1Cl. The Labute approximate surface area is 123 Å². The lowest BCUT2D eigenvalue weighted by molar-refractivity contribution is -0.122. The van der Waals surface area contributed by atoms with Crippen molar-refractivity contribution in [1.29, 1.82) is 0 Å². The first-order valence-corrected chi connectivity index (χ1v) is 7.27. The number of amides is 1. The topological polar surface area (TPSA) is 56.9 Å². The molecule has 1 aromatic heterocycles. The van der Waals surface area contributed by atoms with E-state index in [9.17, 15) is 4.79 Å². The fourth-order valence-corrected chi connectivity index (χ4v) is 2.31. The van der Waals surface area contributed by atoms with Crippen molar-refractivity contribution in [3.05, 3.63) is 35.0 Å². The van der Waals surface area contributed by atoms with E-state index in [-0.39, 0.29) is 11.9 Å². The molecule has 0 fully saturated rings. The second-order valence-corrected chi connectivity index (χ2v) is 5.23. The second-order valence-electron chi connectivity index (χ2n) is 4.86. The summed E-state index contributed by atoms with van der Waals surface area (Å²) >= 11 is 6.33. The van der Waals surface area contributed by atoms with E-state index in [1.54, 1.807) is 0 Å². The summed E-state index contributed by atoms with van der Waals surface area (Å²) in [6.45, 7) is 5.12. The maximum Gasteiger partial charge on any atom is 0.236 e. The number of hydrogen-bond donors (Lipinski definition) is 3. The Morgan fingerprint density at radius 1 is 1.40 bits per heavy atom. The third kappa shape index (κ3) is 3.32. The molecule has 20 heavy (non-hydrogen) atoms. The number of carbonyl (C=O) groups excluding carboxylic acids is 1. The summed E-state index contributed by atoms with van der Waals surface area (Å²) in [7, 11) is 0. The molecule has 0 aliphatic heterocycles. The number of H-pyrrole nitrogens is 1. The van der Waals surface area contributed by atoms with Crippen LogP contribution in [0, 0.1) is 0 Å². The Morgan fingerprint density at radius 2 is 2.15 bits per heavy atom. The number of fused-ring (bicyclic) bond motifs is 1. The zero-order valence-electron chi connectivity index (χ0n) is 11.8. The number of hydrogen-bond acceptors (Lipinski definition) is 2. The summed E-state index contributed by atoms with van der Waals surface area (Å²) in [5.41, 5.74) is 1.92. The highest BCUT2D eigenvalue weighted by atomic mass is 35.5. The van der Waals surface area contributed by atoms with Gasteiger partial charge in [0.1, 0.15) is 0 Å². The van der Waals surface area contributed by atoms with Crippen LogP contribution in [0.25, 0.3) is 10.9 Å². The van der Waals surface area contributed by atoms with Gasteiger partial charge in [-0.25, -0.2) is 0 Å². The normalized spacial score (nSPS) is 12.6. The molecule has 0 spiro atoms. The third-order valence-corrected chi connectivity index (χ3v) is 3.67. The van der Waals surface area contributed by atoms with Gasteiger partial charge in [-0.2, -0.15) is 0 Å². The van der Waals surface area contributed by atoms with E-state index >= 15 is 0 Å². The predicted molar refractivity (Wildman–Crippen MR) is 82.9 cm³/mol. The zero-order valence-corrected chi connectivity index (χ0v) is 12.6. The highest BCUT2D eigenvalue weighted by Crippen LogP contribution is 2.26. The average molecular weight is 294 g/mol. The zero-order chi connectivity index (χ0) is 14.5. The molecule has 3 N–H and O–H groups in total. The first-order valence-electron chi connectivity index (χ1n) is 6.89. The molecule has 1 atom stereocenters. The van der Waals surface area contributed by atoms with E-state index in [4.69, 9.17) is 11.6 Å². The maximum atomic E-state index is 11.8. The van der Waals surface area contributed by atoms with E-state index in [0.717, 1.165) is 23.0 Å². The highest BCUT2D eigenvalue weighted by Gasteiger charge is 2.14. The summed E-state index contributed by atoms with van der Waals surface area (Å²) < 4.78 is 0. The molecule has 1 heterocycles. The molecular weight excluding hydrogens is 274 g/mol. The van der Waals surface area contributed by atoms with Gasteiger partial charge in [0, 0.05) is 29.7 Å². The molecule has 5 heteroatoms. The van der Waals surface area contributed by atoms with Crippen molar-refractivity contribution >= 4 is 28.4 Å². The van der Waals surface area contributed by atoms with Crippen molar-refractivity contribution < 1.29 is 4.79 Å². The van der Waals surface area contributed by atoms with Gasteiger partial charge in [0.15, 0.2) is 0 Å². The van der Waals surface area contributed by atoms with Crippen molar-refractivity contribution in [1.82, 2.24) is 15.6 Å². The second kappa shape index (κ2) is 6.77. The van der Waals surface area contributed by atoms with E-state index in [1.807, 2.05) is 38.1 Å².